The van der Waals surface area contributed by atoms with Gasteiger partial charge in [0.15, 0.2) is 0 Å². The first-order valence-electron chi connectivity index (χ1n) is 25.2. The minimum absolute atomic E-state index is 0.0107. The zero-order valence-electron chi connectivity index (χ0n) is 42.6. The number of halogens is 1. The summed E-state index contributed by atoms with van der Waals surface area (Å²) in [5, 5.41) is 20.7. The molecule has 1 aromatic heterocycles. The number of hydrogen-bond donors (Lipinski definition) is 6. The topological polar surface area (TPSA) is 269 Å². The summed E-state index contributed by atoms with van der Waals surface area (Å²) >= 11 is 6.24. The predicted molar refractivity (Wildman–Crippen MR) is 279 cm³/mol. The molecule has 2 aromatic carbocycles. The van der Waals surface area contributed by atoms with Gasteiger partial charge < -0.3 is 50.4 Å². The van der Waals surface area contributed by atoms with Crippen molar-refractivity contribution in [3.63, 3.8) is 0 Å². The highest BCUT2D eigenvalue weighted by Gasteiger charge is 2.32. The summed E-state index contributed by atoms with van der Waals surface area (Å²) < 4.78 is 50.6. The molecule has 2 saturated heterocycles. The van der Waals surface area contributed by atoms with E-state index in [-0.39, 0.29) is 81.4 Å². The number of ether oxygens (including phenoxy) is 4. The molecule has 2 aliphatic rings. The van der Waals surface area contributed by atoms with Gasteiger partial charge in [0, 0.05) is 88.9 Å². The molecule has 2 fully saturated rings. The first kappa shape index (κ1) is 59.1. The number of aromatic amines is 1. The van der Waals surface area contributed by atoms with Gasteiger partial charge in [0.1, 0.15) is 28.6 Å². The number of aromatic nitrogens is 2. The Labute approximate surface area is 438 Å². The van der Waals surface area contributed by atoms with Crippen molar-refractivity contribution in [1.29, 1.82) is 0 Å². The van der Waals surface area contributed by atoms with Crippen LogP contribution >= 0.6 is 11.6 Å². The predicted octanol–water partition coefficient (Wildman–Crippen LogP) is 5.49. The number of carbonyl (C=O) groups excluding carboxylic acids is 6. The van der Waals surface area contributed by atoms with Crippen molar-refractivity contribution >= 4 is 68.3 Å². The molecular weight excluding hydrogens is 998 g/mol. The second-order valence-corrected chi connectivity index (χ2v) is 20.6. The standard InChI is InChI=1S/C51H72ClN9O12S/c1-36-43(58-51(67)54-36)18-6-4-5-13-39(62)14-10-28-71-30-32-73-33-31-72-29-11-15-40(63)23-25-60(2)24-9-20-46(64)55-38-12-7-16-41(34-38)74(68,69)61-26-21-37(22-27-61)56-50(66)48-44(35-53-59-48)57-49(65)47-42(52)17-8-19-45(47)70-3/h7-9,12,16-17,19-20,34-37,43H,4-6,10-11,13-15,18,21-33H2,1-3H3,(H,53,59)(H,55,64)(H,56,66)(H,57,65)(H2,54,58,67)/b20-9+/t36-,43+/m0/s1. The average molecular weight is 1070 g/mol. The van der Waals surface area contributed by atoms with Crippen molar-refractivity contribution in [1.82, 2.24) is 35.4 Å². The summed E-state index contributed by atoms with van der Waals surface area (Å²) in [5.41, 5.74) is 0.540. The molecule has 23 heteroatoms. The number of nitrogens with zero attached hydrogens (tertiary/aromatic N) is 3. The largest absolute Gasteiger partial charge is 0.496 e. The van der Waals surface area contributed by atoms with Gasteiger partial charge in [-0.05, 0) is 82.8 Å². The van der Waals surface area contributed by atoms with Crippen LogP contribution in [0.2, 0.25) is 5.02 Å². The van der Waals surface area contributed by atoms with Crippen LogP contribution in [0.4, 0.5) is 16.2 Å². The van der Waals surface area contributed by atoms with Crippen LogP contribution in [0.15, 0.2) is 65.7 Å². The third kappa shape index (κ3) is 19.8. The summed E-state index contributed by atoms with van der Waals surface area (Å²) in [4.78, 5) is 76.9. The number of benzene rings is 2. The quantitative estimate of drug-likeness (QED) is 0.0319. The molecule has 406 valence electrons. The van der Waals surface area contributed by atoms with Crippen LogP contribution in [0.1, 0.15) is 105 Å². The highest BCUT2D eigenvalue weighted by molar-refractivity contribution is 7.89. The third-order valence-corrected chi connectivity index (χ3v) is 14.7. The van der Waals surface area contributed by atoms with Gasteiger partial charge in [0.05, 0.1) is 61.4 Å². The molecule has 21 nitrogen and oxygen atoms in total. The Balaban J connectivity index is 0.861. The van der Waals surface area contributed by atoms with Crippen LogP contribution < -0.4 is 31.3 Å². The van der Waals surface area contributed by atoms with Crippen LogP contribution in [0.5, 0.6) is 5.75 Å². The summed E-state index contributed by atoms with van der Waals surface area (Å²) in [7, 11) is -0.677. The number of nitrogens with one attached hydrogen (secondary N) is 6. The molecule has 5 rings (SSSR count). The lowest BCUT2D eigenvalue weighted by Gasteiger charge is -2.31. The fraction of sp³-hybridized carbons (Fsp3) is 0.549. The number of H-pyrrole nitrogens is 1. The molecule has 3 heterocycles. The summed E-state index contributed by atoms with van der Waals surface area (Å²) in [6, 6.07) is 10.6. The van der Waals surface area contributed by atoms with Crippen molar-refractivity contribution < 1.29 is 56.1 Å². The molecule has 3 aromatic rings. The van der Waals surface area contributed by atoms with Crippen LogP contribution in [0, 0.1) is 0 Å². The number of hydrogen-bond acceptors (Lipinski definition) is 14. The van der Waals surface area contributed by atoms with Crippen molar-refractivity contribution in [2.75, 3.05) is 90.6 Å². The normalized spacial score (nSPS) is 16.3. The second kappa shape index (κ2) is 31.2. The van der Waals surface area contributed by atoms with E-state index in [1.165, 1.54) is 35.8 Å². The number of piperidine rings is 1. The number of urea groups is 1. The highest BCUT2D eigenvalue weighted by Crippen LogP contribution is 2.28. The van der Waals surface area contributed by atoms with E-state index in [0.29, 0.717) is 110 Å². The molecule has 0 bridgehead atoms. The molecule has 2 atom stereocenters. The van der Waals surface area contributed by atoms with E-state index in [2.05, 4.69) is 36.8 Å². The van der Waals surface area contributed by atoms with Gasteiger partial charge in [-0.1, -0.05) is 42.7 Å². The number of anilines is 2. The monoisotopic (exact) mass is 1070 g/mol. The van der Waals surface area contributed by atoms with Gasteiger partial charge in [-0.2, -0.15) is 9.40 Å². The van der Waals surface area contributed by atoms with E-state index < -0.39 is 27.7 Å². The van der Waals surface area contributed by atoms with Crippen molar-refractivity contribution in [2.24, 2.45) is 0 Å². The summed E-state index contributed by atoms with van der Waals surface area (Å²) in [6.07, 6.45) is 11.8. The maximum atomic E-state index is 13.6. The minimum Gasteiger partial charge on any atom is -0.496 e. The van der Waals surface area contributed by atoms with Crippen LogP contribution in [0.25, 0.3) is 0 Å². The molecular formula is C51H72ClN9O12S. The van der Waals surface area contributed by atoms with E-state index in [4.69, 9.17) is 30.5 Å². The number of amides is 5. The van der Waals surface area contributed by atoms with E-state index in [1.54, 1.807) is 36.4 Å². The maximum Gasteiger partial charge on any atom is 0.315 e. The molecule has 0 radical (unpaired) electrons. The fourth-order valence-corrected chi connectivity index (χ4v) is 10.1. The number of ketones is 2. The summed E-state index contributed by atoms with van der Waals surface area (Å²) in [6.45, 7) is 5.85. The Hall–Kier alpha value is -5.75. The molecule has 74 heavy (non-hydrogen) atoms. The van der Waals surface area contributed by atoms with Crippen molar-refractivity contribution in [3.05, 3.63) is 77.1 Å². The van der Waals surface area contributed by atoms with Crippen LogP contribution in [-0.2, 0) is 38.6 Å². The SMILES string of the molecule is COc1cccc(Cl)c1C(=O)Nc1cn[nH]c1C(=O)NC1CCN(S(=O)(=O)c2cccc(NC(=O)/C=C/CN(C)CCC(=O)CCCOCCOCCOCCCC(=O)CCCCC[C@H]3NC(=O)N[C@H]3C)c2)CC1. The number of likely N-dealkylation sites (N-methyl/N-ethyl adjacent to an activating group) is 1. The number of sulfonamides is 1. The van der Waals surface area contributed by atoms with Gasteiger partial charge in [0.2, 0.25) is 15.9 Å². The number of methoxy groups -OCH3 is 1. The number of carbonyl (C=O) groups is 6. The molecule has 5 amide bonds. The van der Waals surface area contributed by atoms with Crippen molar-refractivity contribution in [2.45, 2.75) is 107 Å². The van der Waals surface area contributed by atoms with Gasteiger partial charge in [-0.25, -0.2) is 13.2 Å². The first-order chi connectivity index (χ1) is 35.6. The van der Waals surface area contributed by atoms with E-state index >= 15 is 0 Å². The van der Waals surface area contributed by atoms with Gasteiger partial charge in [-0.15, -0.1) is 0 Å². The average Bonchev–Trinajstić information content (AvgIpc) is 3.98. The lowest BCUT2D eigenvalue weighted by atomic mass is 10.0. The lowest BCUT2D eigenvalue weighted by molar-refractivity contribution is -0.120. The van der Waals surface area contributed by atoms with Gasteiger partial charge in [-0.3, -0.25) is 29.1 Å². The molecule has 0 unspecified atom stereocenters. The highest BCUT2D eigenvalue weighted by atomic mass is 35.5. The zero-order chi connectivity index (χ0) is 53.3. The first-order valence-corrected chi connectivity index (χ1v) is 27.0. The fourth-order valence-electron chi connectivity index (χ4n) is 8.31. The lowest BCUT2D eigenvalue weighted by Crippen LogP contribution is -2.46. The van der Waals surface area contributed by atoms with Crippen LogP contribution in [-0.4, -0.2) is 161 Å². The van der Waals surface area contributed by atoms with Gasteiger partial charge in [0.25, 0.3) is 11.8 Å². The summed E-state index contributed by atoms with van der Waals surface area (Å²) in [5.74, 6) is -0.945. The number of rotatable bonds is 34. The minimum atomic E-state index is -3.93. The maximum absolute atomic E-state index is 13.6. The second-order valence-electron chi connectivity index (χ2n) is 18.2. The number of Topliss-reactive ketones (excluding diaryl/α,β-unsaturated/α-hetero) is 2. The Kier molecular flexibility index (Phi) is 24.9. The Bertz CT molecular complexity index is 2470. The van der Waals surface area contributed by atoms with Crippen LogP contribution in [0.3, 0.4) is 0 Å². The zero-order valence-corrected chi connectivity index (χ0v) is 44.2. The Morgan fingerprint density at radius 2 is 1.50 bits per heavy atom. The number of unbranched alkanes of at least 4 members (excludes halogenated alkanes) is 2. The van der Waals surface area contributed by atoms with E-state index in [1.807, 2.05) is 18.9 Å². The Morgan fingerprint density at radius 1 is 0.838 bits per heavy atom. The molecule has 0 spiro atoms. The molecule has 2 aliphatic heterocycles. The molecule has 0 aliphatic carbocycles. The Morgan fingerprint density at radius 3 is 2.18 bits per heavy atom. The molecule has 6 N–H and O–H groups in total. The van der Waals surface area contributed by atoms with Gasteiger partial charge >= 0.3 is 6.03 Å². The molecule has 0 saturated carbocycles. The van der Waals surface area contributed by atoms with Crippen molar-refractivity contribution in [3.8, 4) is 5.75 Å². The van der Waals surface area contributed by atoms with E-state index in [0.717, 1.165) is 25.7 Å². The van der Waals surface area contributed by atoms with E-state index in [9.17, 15) is 37.2 Å². The smallest absolute Gasteiger partial charge is 0.315 e. The third-order valence-electron chi connectivity index (χ3n) is 12.5.